The van der Waals surface area contributed by atoms with Gasteiger partial charge in [-0.3, -0.25) is 14.6 Å². The normalized spacial score (nSPS) is 20.8. The molecule has 2 aromatic carbocycles. The maximum atomic E-state index is 13.4. The minimum atomic E-state index is -1.12. The van der Waals surface area contributed by atoms with E-state index in [1.165, 1.54) is 0 Å². The number of hydrogen-bond donors (Lipinski definition) is 3. The Bertz CT molecular complexity index is 1570. The van der Waals surface area contributed by atoms with Crippen LogP contribution in [0.5, 0.6) is 11.5 Å². The molecule has 4 atom stereocenters. The van der Waals surface area contributed by atoms with E-state index < -0.39 is 48.4 Å². The number of phenolic OH excluding ortho intramolecular Hbond substituents is 1. The van der Waals surface area contributed by atoms with Crippen LogP contribution in [0.3, 0.4) is 0 Å². The van der Waals surface area contributed by atoms with Crippen LogP contribution in [-0.4, -0.2) is 69.5 Å². The minimum absolute atomic E-state index is 0.0159. The summed E-state index contributed by atoms with van der Waals surface area (Å²) < 4.78 is 10.7. The van der Waals surface area contributed by atoms with Gasteiger partial charge in [-0.05, 0) is 84.0 Å². The standard InChI is InChI=1S/C34H34N2O8/c1-43-34(42)36-32(40)26-18-23(20-44-25-10-3-2-4-11-25)30(27(19-37)31(26)33(36)41)29(39)14-13-22(28-12-5-6-15-35-28)16-21-8-7-9-24(38)17-21/h2-12,15-17,26-27,29,31,37-39H,13-14,18-20H2,1H3/b22-16-/t26-,27+,29-,31-/m1/s1. The average molecular weight is 599 g/mol. The molecule has 3 aromatic rings. The summed E-state index contributed by atoms with van der Waals surface area (Å²) in [4.78, 5) is 43.9. The number of methoxy groups -OCH3 is 1. The lowest BCUT2D eigenvalue weighted by molar-refractivity contribution is -0.137. The third kappa shape index (κ3) is 6.41. The highest BCUT2D eigenvalue weighted by Crippen LogP contribution is 2.46. The van der Waals surface area contributed by atoms with Gasteiger partial charge in [0.2, 0.25) is 11.8 Å². The Morgan fingerprint density at radius 2 is 1.84 bits per heavy atom. The fourth-order valence-corrected chi connectivity index (χ4v) is 6.14. The Labute approximate surface area is 254 Å². The van der Waals surface area contributed by atoms with Gasteiger partial charge in [0.05, 0.1) is 37.4 Å². The molecule has 5 rings (SSSR count). The number of carbonyl (C=O) groups is 3. The quantitative estimate of drug-likeness (QED) is 0.231. The second kappa shape index (κ2) is 13.7. The number of aromatic hydroxyl groups is 1. The summed E-state index contributed by atoms with van der Waals surface area (Å²) in [5.74, 6) is -3.61. The highest BCUT2D eigenvalue weighted by molar-refractivity contribution is 6.16. The molecule has 228 valence electrons. The molecule has 1 aliphatic carbocycles. The first kappa shape index (κ1) is 30.7. The monoisotopic (exact) mass is 598 g/mol. The van der Waals surface area contributed by atoms with Gasteiger partial charge in [0, 0.05) is 12.1 Å². The van der Waals surface area contributed by atoms with Gasteiger partial charge < -0.3 is 24.8 Å². The Kier molecular flexibility index (Phi) is 9.52. The molecule has 1 aromatic heterocycles. The van der Waals surface area contributed by atoms with Gasteiger partial charge in [0.1, 0.15) is 18.1 Å². The van der Waals surface area contributed by atoms with E-state index in [1.807, 2.05) is 42.5 Å². The van der Waals surface area contributed by atoms with E-state index in [0.29, 0.717) is 33.9 Å². The number of phenols is 1. The number of pyridine rings is 1. The lowest BCUT2D eigenvalue weighted by Crippen LogP contribution is -2.40. The molecule has 0 radical (unpaired) electrons. The van der Waals surface area contributed by atoms with E-state index >= 15 is 0 Å². The van der Waals surface area contributed by atoms with Crippen LogP contribution in [-0.2, 0) is 14.3 Å². The molecular weight excluding hydrogens is 564 g/mol. The maximum Gasteiger partial charge on any atom is 0.423 e. The molecule has 1 fully saturated rings. The Morgan fingerprint density at radius 1 is 1.07 bits per heavy atom. The number of ether oxygens (including phenoxy) is 2. The number of para-hydroxylation sites is 1. The van der Waals surface area contributed by atoms with E-state index in [9.17, 15) is 29.7 Å². The number of benzene rings is 2. The number of carbonyl (C=O) groups excluding carboxylic acids is 3. The van der Waals surface area contributed by atoms with Crippen molar-refractivity contribution in [1.29, 1.82) is 0 Å². The number of amides is 3. The zero-order chi connectivity index (χ0) is 31.2. The van der Waals surface area contributed by atoms with Crippen molar-refractivity contribution >= 4 is 29.6 Å². The summed E-state index contributed by atoms with van der Waals surface area (Å²) in [6.07, 6.45) is 1.99. The van der Waals surface area contributed by atoms with Crippen LogP contribution in [0.2, 0.25) is 0 Å². The van der Waals surface area contributed by atoms with Crippen LogP contribution < -0.4 is 4.74 Å². The molecule has 0 spiro atoms. The molecule has 0 saturated carbocycles. The molecule has 3 amide bonds. The number of rotatable bonds is 10. The third-order valence-electron chi connectivity index (χ3n) is 8.15. The fourth-order valence-electron chi connectivity index (χ4n) is 6.14. The van der Waals surface area contributed by atoms with Crippen LogP contribution in [0.4, 0.5) is 4.79 Å². The van der Waals surface area contributed by atoms with E-state index in [-0.39, 0.29) is 25.2 Å². The van der Waals surface area contributed by atoms with Crippen LogP contribution in [0.1, 0.15) is 30.5 Å². The number of aromatic nitrogens is 1. The second-order valence-corrected chi connectivity index (χ2v) is 10.8. The van der Waals surface area contributed by atoms with Crippen LogP contribution >= 0.6 is 0 Å². The molecular formula is C34H34N2O8. The maximum absolute atomic E-state index is 13.4. The van der Waals surface area contributed by atoms with Gasteiger partial charge >= 0.3 is 6.09 Å². The molecule has 10 nitrogen and oxygen atoms in total. The molecule has 1 saturated heterocycles. The Balaban J connectivity index is 1.48. The van der Waals surface area contributed by atoms with Crippen LogP contribution in [0.15, 0.2) is 90.1 Å². The molecule has 2 aliphatic rings. The Morgan fingerprint density at radius 3 is 2.52 bits per heavy atom. The van der Waals surface area contributed by atoms with E-state index in [1.54, 1.807) is 42.6 Å². The topological polar surface area (TPSA) is 146 Å². The zero-order valence-electron chi connectivity index (χ0n) is 24.2. The highest BCUT2D eigenvalue weighted by atomic mass is 16.5. The van der Waals surface area contributed by atoms with Gasteiger partial charge in [0.15, 0.2) is 0 Å². The first-order valence-corrected chi connectivity index (χ1v) is 14.4. The predicted molar refractivity (Wildman–Crippen MR) is 161 cm³/mol. The van der Waals surface area contributed by atoms with Crippen molar-refractivity contribution in [2.45, 2.75) is 25.4 Å². The van der Waals surface area contributed by atoms with Crippen molar-refractivity contribution in [3.05, 3.63) is 101 Å². The summed E-state index contributed by atoms with van der Waals surface area (Å²) in [5, 5.41) is 32.3. The summed E-state index contributed by atoms with van der Waals surface area (Å²) in [6, 6.07) is 21.3. The van der Waals surface area contributed by atoms with Gasteiger partial charge in [-0.25, -0.2) is 4.79 Å². The van der Waals surface area contributed by atoms with Gasteiger partial charge in [0.25, 0.3) is 0 Å². The number of hydrogen-bond acceptors (Lipinski definition) is 9. The molecule has 3 N–H and O–H groups in total. The molecule has 10 heteroatoms. The third-order valence-corrected chi connectivity index (χ3v) is 8.15. The highest BCUT2D eigenvalue weighted by Gasteiger charge is 2.57. The lowest BCUT2D eigenvalue weighted by atomic mass is 9.68. The zero-order valence-corrected chi connectivity index (χ0v) is 24.2. The number of aliphatic hydroxyl groups excluding tert-OH is 2. The SMILES string of the molecule is COC(=O)N1C(=O)[C@@H]2[C@@H](CC(COc3ccccc3)=C([C@H](O)CC/C(=C/c3cccc(O)c3)c3ccccn3)[C@@H]2CO)C1=O. The number of likely N-dealkylation sites (tertiary alicyclic amines) is 1. The number of nitrogens with zero attached hydrogens (tertiary/aromatic N) is 2. The molecule has 44 heavy (non-hydrogen) atoms. The van der Waals surface area contributed by atoms with Gasteiger partial charge in [-0.2, -0.15) is 4.90 Å². The summed E-state index contributed by atoms with van der Waals surface area (Å²) >= 11 is 0. The second-order valence-electron chi connectivity index (χ2n) is 10.8. The molecule has 0 bridgehead atoms. The van der Waals surface area contributed by atoms with E-state index in [4.69, 9.17) is 4.74 Å². The van der Waals surface area contributed by atoms with Crippen molar-refractivity contribution in [2.24, 2.45) is 17.8 Å². The summed E-state index contributed by atoms with van der Waals surface area (Å²) in [7, 11) is 1.09. The van der Waals surface area contributed by atoms with Gasteiger partial charge in [-0.15, -0.1) is 0 Å². The van der Waals surface area contributed by atoms with Crippen LogP contribution in [0, 0.1) is 17.8 Å². The van der Waals surface area contributed by atoms with Crippen molar-refractivity contribution in [2.75, 3.05) is 20.3 Å². The Hall–Kier alpha value is -4.80. The largest absolute Gasteiger partial charge is 0.508 e. The summed E-state index contributed by atoms with van der Waals surface area (Å²) in [5.41, 5.74) is 3.26. The molecule has 2 heterocycles. The van der Waals surface area contributed by atoms with Gasteiger partial charge in [-0.1, -0.05) is 36.4 Å². The summed E-state index contributed by atoms with van der Waals surface area (Å²) in [6.45, 7) is -0.509. The number of imide groups is 3. The number of fused-ring (bicyclic) bond motifs is 1. The predicted octanol–water partition coefficient (Wildman–Crippen LogP) is 4.22. The van der Waals surface area contributed by atoms with Crippen molar-refractivity contribution in [1.82, 2.24) is 9.88 Å². The van der Waals surface area contributed by atoms with Crippen molar-refractivity contribution < 1.29 is 39.2 Å². The van der Waals surface area contributed by atoms with Crippen molar-refractivity contribution in [3.8, 4) is 11.5 Å². The first-order chi connectivity index (χ1) is 21.3. The number of allylic oxidation sites excluding steroid dienone is 1. The van der Waals surface area contributed by atoms with Crippen molar-refractivity contribution in [3.63, 3.8) is 0 Å². The first-order valence-electron chi connectivity index (χ1n) is 14.4. The smallest absolute Gasteiger partial charge is 0.423 e. The number of aliphatic hydroxyl groups is 2. The van der Waals surface area contributed by atoms with E-state index in [2.05, 4.69) is 9.72 Å². The lowest BCUT2D eigenvalue weighted by Gasteiger charge is -2.36. The van der Waals surface area contributed by atoms with E-state index in [0.717, 1.165) is 18.2 Å². The van der Waals surface area contributed by atoms with Crippen LogP contribution in [0.25, 0.3) is 11.6 Å². The average Bonchev–Trinajstić information content (AvgIpc) is 3.30. The molecule has 1 aliphatic heterocycles. The molecule has 0 unspecified atom stereocenters. The fraction of sp³-hybridized carbons (Fsp3) is 0.294. The minimum Gasteiger partial charge on any atom is -0.508 e.